The standard InChI is InChI=1S/C26H19ClFN3O3S/c27-19-4-1-2-5-21(19)34-24-20(32)14-26(31-25(24)33,16-12-13-35-15-16)22-6-3-7-23(30-22)29-18-10-8-17(28)9-11-18/h1-13,15,24H,14H2,(H,29,30)(H,31,33)/t24-,26?/m1/s1. The molecule has 3 heterocycles. The first-order chi connectivity index (χ1) is 16.9. The molecule has 0 bridgehead atoms. The van der Waals surface area contributed by atoms with Gasteiger partial charge in [0, 0.05) is 12.1 Å². The lowest BCUT2D eigenvalue weighted by Gasteiger charge is -2.39. The third-order valence-electron chi connectivity index (χ3n) is 5.70. The highest BCUT2D eigenvalue weighted by atomic mass is 35.5. The lowest BCUT2D eigenvalue weighted by molar-refractivity contribution is -0.144. The van der Waals surface area contributed by atoms with Crippen molar-refractivity contribution < 1.29 is 18.7 Å². The van der Waals surface area contributed by atoms with E-state index in [4.69, 9.17) is 21.3 Å². The number of nitrogens with one attached hydrogen (secondary N) is 2. The number of ketones is 1. The molecule has 1 unspecified atom stereocenters. The maximum Gasteiger partial charge on any atom is 0.269 e. The van der Waals surface area contributed by atoms with Crippen molar-refractivity contribution in [1.29, 1.82) is 0 Å². The van der Waals surface area contributed by atoms with Gasteiger partial charge in [0.15, 0.2) is 5.78 Å². The Morgan fingerprint density at radius 3 is 2.57 bits per heavy atom. The van der Waals surface area contributed by atoms with Crippen molar-refractivity contribution in [1.82, 2.24) is 10.3 Å². The lowest BCUT2D eigenvalue weighted by Crippen LogP contribution is -2.60. The second-order valence-electron chi connectivity index (χ2n) is 8.02. The van der Waals surface area contributed by atoms with Crippen LogP contribution in [0.15, 0.2) is 83.6 Å². The van der Waals surface area contributed by atoms with E-state index in [9.17, 15) is 14.0 Å². The Hall–Kier alpha value is -3.75. The first kappa shape index (κ1) is 23.0. The van der Waals surface area contributed by atoms with Crippen LogP contribution >= 0.6 is 22.9 Å². The van der Waals surface area contributed by atoms with Crippen LogP contribution in [0, 0.1) is 5.82 Å². The zero-order chi connectivity index (χ0) is 24.4. The number of ether oxygens (including phenoxy) is 1. The number of amides is 1. The molecule has 1 fully saturated rings. The molecule has 1 aliphatic heterocycles. The molecule has 2 N–H and O–H groups in total. The summed E-state index contributed by atoms with van der Waals surface area (Å²) in [6.45, 7) is 0. The molecule has 0 aliphatic carbocycles. The van der Waals surface area contributed by atoms with Crippen LogP contribution in [0.5, 0.6) is 5.75 Å². The number of aromatic nitrogens is 1. The molecule has 1 saturated heterocycles. The average Bonchev–Trinajstić information content (AvgIpc) is 3.40. The van der Waals surface area contributed by atoms with E-state index < -0.39 is 23.3 Å². The number of carbonyl (C=O) groups excluding carboxylic acids is 2. The molecule has 2 aromatic heterocycles. The maximum absolute atomic E-state index is 13.3. The summed E-state index contributed by atoms with van der Waals surface area (Å²) in [6, 6.07) is 19.7. The van der Waals surface area contributed by atoms with Crippen molar-refractivity contribution in [2.24, 2.45) is 0 Å². The zero-order valence-electron chi connectivity index (χ0n) is 18.2. The van der Waals surface area contributed by atoms with E-state index in [1.165, 1.54) is 23.5 Å². The summed E-state index contributed by atoms with van der Waals surface area (Å²) in [4.78, 5) is 31.2. The monoisotopic (exact) mass is 507 g/mol. The van der Waals surface area contributed by atoms with E-state index in [1.54, 1.807) is 54.6 Å². The minimum Gasteiger partial charge on any atom is -0.471 e. The van der Waals surface area contributed by atoms with Crippen molar-refractivity contribution in [2.75, 3.05) is 5.32 Å². The van der Waals surface area contributed by atoms with Crippen LogP contribution in [0.3, 0.4) is 0 Å². The number of rotatable bonds is 6. The normalized spacial score (nSPS) is 19.8. The van der Waals surface area contributed by atoms with E-state index in [1.807, 2.05) is 16.8 Å². The zero-order valence-corrected chi connectivity index (χ0v) is 19.8. The highest BCUT2D eigenvalue weighted by Crippen LogP contribution is 2.38. The lowest BCUT2D eigenvalue weighted by atomic mass is 9.79. The number of thiophene rings is 1. The largest absolute Gasteiger partial charge is 0.471 e. The number of nitrogens with zero attached hydrogens (tertiary/aromatic N) is 1. The quantitative estimate of drug-likeness (QED) is 0.339. The summed E-state index contributed by atoms with van der Waals surface area (Å²) >= 11 is 7.61. The van der Waals surface area contributed by atoms with E-state index in [2.05, 4.69) is 10.6 Å². The third-order valence-corrected chi connectivity index (χ3v) is 6.70. The Kier molecular flexibility index (Phi) is 6.23. The molecular weight excluding hydrogens is 489 g/mol. The Morgan fingerprint density at radius 1 is 1.06 bits per heavy atom. The van der Waals surface area contributed by atoms with Crippen LogP contribution in [-0.4, -0.2) is 22.8 Å². The molecule has 35 heavy (non-hydrogen) atoms. The van der Waals surface area contributed by atoms with Gasteiger partial charge in [-0.3, -0.25) is 9.59 Å². The van der Waals surface area contributed by atoms with Gasteiger partial charge in [0.05, 0.1) is 10.7 Å². The fourth-order valence-corrected chi connectivity index (χ4v) is 4.92. The van der Waals surface area contributed by atoms with Crippen LogP contribution in [0.2, 0.25) is 5.02 Å². The Morgan fingerprint density at radius 2 is 1.86 bits per heavy atom. The van der Waals surface area contributed by atoms with Gasteiger partial charge in [-0.15, -0.1) is 0 Å². The van der Waals surface area contributed by atoms with E-state index >= 15 is 0 Å². The van der Waals surface area contributed by atoms with Gasteiger partial charge < -0.3 is 15.4 Å². The molecule has 176 valence electrons. The molecule has 6 nitrogen and oxygen atoms in total. The molecule has 0 saturated carbocycles. The molecule has 4 aromatic rings. The molecule has 0 spiro atoms. The predicted molar refractivity (Wildman–Crippen MR) is 133 cm³/mol. The molecule has 0 radical (unpaired) electrons. The van der Waals surface area contributed by atoms with Crippen molar-refractivity contribution in [3.8, 4) is 5.75 Å². The SMILES string of the molecule is O=C1CC(c2ccsc2)(c2cccc(Nc3ccc(F)cc3)n2)NC(=O)[C@@H]1Oc1ccccc1Cl. The summed E-state index contributed by atoms with van der Waals surface area (Å²) in [5, 5.41) is 10.2. The Bertz CT molecular complexity index is 1360. The number of hydrogen-bond acceptors (Lipinski definition) is 6. The summed E-state index contributed by atoms with van der Waals surface area (Å²) in [7, 11) is 0. The smallest absolute Gasteiger partial charge is 0.269 e. The van der Waals surface area contributed by atoms with Crippen LogP contribution in [-0.2, 0) is 15.1 Å². The van der Waals surface area contributed by atoms with Crippen LogP contribution in [0.25, 0.3) is 0 Å². The first-order valence-electron chi connectivity index (χ1n) is 10.7. The number of para-hydroxylation sites is 1. The minimum atomic E-state index is -1.33. The molecule has 2 aromatic carbocycles. The molecule has 1 aliphatic rings. The summed E-state index contributed by atoms with van der Waals surface area (Å²) in [5.74, 6) is -0.565. The number of carbonyl (C=O) groups is 2. The second-order valence-corrected chi connectivity index (χ2v) is 9.21. The summed E-state index contributed by atoms with van der Waals surface area (Å²) in [5.41, 5.74) is 0.708. The van der Waals surface area contributed by atoms with Gasteiger partial charge >= 0.3 is 0 Å². The summed E-state index contributed by atoms with van der Waals surface area (Å²) < 4.78 is 19.0. The third kappa shape index (κ3) is 4.62. The van der Waals surface area contributed by atoms with Gasteiger partial charge in [-0.2, -0.15) is 11.3 Å². The number of anilines is 2. The topological polar surface area (TPSA) is 80.3 Å². The van der Waals surface area contributed by atoms with E-state index in [-0.39, 0.29) is 18.0 Å². The van der Waals surface area contributed by atoms with Gasteiger partial charge in [-0.25, -0.2) is 9.37 Å². The highest BCUT2D eigenvalue weighted by Gasteiger charge is 2.49. The van der Waals surface area contributed by atoms with Crippen molar-refractivity contribution in [3.63, 3.8) is 0 Å². The van der Waals surface area contributed by atoms with Gasteiger partial charge in [0.2, 0.25) is 6.10 Å². The minimum absolute atomic E-state index is 0.0579. The van der Waals surface area contributed by atoms with Gasteiger partial charge in [-0.05, 0) is 70.9 Å². The second kappa shape index (κ2) is 9.48. The molecular formula is C26H19ClFN3O3S. The van der Waals surface area contributed by atoms with Gasteiger partial charge in [0.1, 0.15) is 22.9 Å². The van der Waals surface area contributed by atoms with Gasteiger partial charge in [0.25, 0.3) is 5.91 Å². The number of pyridine rings is 1. The van der Waals surface area contributed by atoms with E-state index in [0.29, 0.717) is 22.2 Å². The maximum atomic E-state index is 13.3. The van der Waals surface area contributed by atoms with Crippen LogP contribution in [0.4, 0.5) is 15.9 Å². The fraction of sp³-hybridized carbons (Fsp3) is 0.115. The average molecular weight is 508 g/mol. The number of benzene rings is 2. The van der Waals surface area contributed by atoms with Crippen molar-refractivity contribution in [2.45, 2.75) is 18.1 Å². The Balaban J connectivity index is 1.48. The predicted octanol–water partition coefficient (Wildman–Crippen LogP) is 5.46. The highest BCUT2D eigenvalue weighted by molar-refractivity contribution is 7.08. The number of Topliss-reactive ketones (excluding diaryl/α,β-unsaturated/α-hetero) is 1. The molecule has 5 rings (SSSR count). The van der Waals surface area contributed by atoms with Crippen molar-refractivity contribution in [3.05, 3.63) is 106 Å². The number of halogens is 2. The van der Waals surface area contributed by atoms with Crippen LogP contribution < -0.4 is 15.4 Å². The first-order valence-corrected chi connectivity index (χ1v) is 12.1. The van der Waals surface area contributed by atoms with Gasteiger partial charge in [-0.1, -0.05) is 29.8 Å². The molecule has 1 amide bonds. The Labute approximate surface area is 209 Å². The molecule has 9 heteroatoms. The summed E-state index contributed by atoms with van der Waals surface area (Å²) in [6.07, 6.45) is -1.39. The van der Waals surface area contributed by atoms with Crippen molar-refractivity contribution >= 4 is 46.1 Å². The number of hydrogen-bond donors (Lipinski definition) is 2. The molecule has 2 atom stereocenters. The van der Waals surface area contributed by atoms with Crippen LogP contribution in [0.1, 0.15) is 17.7 Å². The fourth-order valence-electron chi connectivity index (χ4n) is 4.01. The van der Waals surface area contributed by atoms with E-state index in [0.717, 1.165) is 5.56 Å². The number of piperidine rings is 1.